The van der Waals surface area contributed by atoms with Crippen LogP contribution in [-0.2, 0) is 0 Å². The van der Waals surface area contributed by atoms with Crippen LogP contribution in [0, 0.1) is 18.3 Å². The molecule has 0 aromatic carbocycles. The molecular weight excluding hydrogens is 158 g/mol. The first-order valence-electron chi connectivity index (χ1n) is 3.39. The molecule has 0 aliphatic rings. The van der Waals surface area contributed by atoms with Gasteiger partial charge in [0.25, 0.3) is 0 Å². The Hall–Kier alpha value is -1.08. The molecule has 11 heavy (non-hydrogen) atoms. The van der Waals surface area contributed by atoms with Gasteiger partial charge in [0, 0.05) is 6.54 Å². The molecule has 58 valence electrons. The van der Waals surface area contributed by atoms with Crippen LogP contribution in [0.15, 0.2) is 0 Å². The maximum Gasteiger partial charge on any atom is 0.155 e. The van der Waals surface area contributed by atoms with E-state index in [1.54, 1.807) is 0 Å². The maximum atomic E-state index is 8.64. The van der Waals surface area contributed by atoms with E-state index in [0.29, 0.717) is 4.88 Å². The number of nitriles is 1. The van der Waals surface area contributed by atoms with Crippen LogP contribution in [0.25, 0.3) is 0 Å². The van der Waals surface area contributed by atoms with Crippen LogP contribution in [0.4, 0.5) is 5.82 Å². The first-order valence-corrected chi connectivity index (χ1v) is 4.21. The van der Waals surface area contributed by atoms with Crippen molar-refractivity contribution in [3.8, 4) is 6.07 Å². The Labute approximate surface area is 69.7 Å². The van der Waals surface area contributed by atoms with Crippen molar-refractivity contribution in [3.05, 3.63) is 9.88 Å². The Bertz CT molecular complexity index is 284. The molecule has 1 heterocycles. The van der Waals surface area contributed by atoms with Gasteiger partial charge in [-0.3, -0.25) is 0 Å². The second-order valence-corrected chi connectivity index (χ2v) is 3.26. The lowest BCUT2D eigenvalue weighted by Crippen LogP contribution is -1.97. The fraction of sp³-hybridized carbons (Fsp3) is 0.429. The second-order valence-electron chi connectivity index (χ2n) is 2.05. The molecule has 0 unspecified atom stereocenters. The largest absolute Gasteiger partial charge is 0.369 e. The fourth-order valence-electron chi connectivity index (χ4n) is 0.790. The third-order valence-corrected chi connectivity index (χ3v) is 2.06. The van der Waals surface area contributed by atoms with E-state index < -0.39 is 0 Å². The lowest BCUT2D eigenvalue weighted by atomic mass is 10.5. The Balaban J connectivity index is 2.95. The number of hydrogen-bond donors (Lipinski definition) is 1. The van der Waals surface area contributed by atoms with Gasteiger partial charge in [0.2, 0.25) is 0 Å². The SMILES string of the molecule is CCNc1nc(C)sc1C#N. The smallest absolute Gasteiger partial charge is 0.155 e. The topological polar surface area (TPSA) is 48.7 Å². The normalized spacial score (nSPS) is 9.18. The summed E-state index contributed by atoms with van der Waals surface area (Å²) in [5.74, 6) is 0.720. The average Bonchev–Trinajstić information content (AvgIpc) is 2.32. The summed E-state index contributed by atoms with van der Waals surface area (Å²) in [6.45, 7) is 4.68. The van der Waals surface area contributed by atoms with Gasteiger partial charge in [0.05, 0.1) is 5.01 Å². The van der Waals surface area contributed by atoms with Crippen LogP contribution in [-0.4, -0.2) is 11.5 Å². The molecule has 3 nitrogen and oxygen atoms in total. The van der Waals surface area contributed by atoms with Gasteiger partial charge < -0.3 is 5.32 Å². The van der Waals surface area contributed by atoms with Crippen molar-refractivity contribution in [2.24, 2.45) is 0 Å². The van der Waals surface area contributed by atoms with Crippen molar-refractivity contribution < 1.29 is 0 Å². The van der Waals surface area contributed by atoms with E-state index in [2.05, 4.69) is 16.4 Å². The zero-order valence-corrected chi connectivity index (χ0v) is 7.33. The highest BCUT2D eigenvalue weighted by Gasteiger charge is 2.05. The Morgan fingerprint density at radius 2 is 2.45 bits per heavy atom. The van der Waals surface area contributed by atoms with Crippen LogP contribution in [0.5, 0.6) is 0 Å². The van der Waals surface area contributed by atoms with Gasteiger partial charge in [-0.1, -0.05) is 0 Å². The minimum absolute atomic E-state index is 0.671. The standard InChI is InChI=1S/C7H9N3S/c1-3-9-7-6(4-8)11-5(2)10-7/h9H,3H2,1-2H3. The van der Waals surface area contributed by atoms with Crippen molar-refractivity contribution in [1.29, 1.82) is 5.26 Å². The van der Waals surface area contributed by atoms with Gasteiger partial charge in [-0.2, -0.15) is 5.26 Å². The van der Waals surface area contributed by atoms with Gasteiger partial charge in [0.15, 0.2) is 5.82 Å². The van der Waals surface area contributed by atoms with E-state index in [1.165, 1.54) is 11.3 Å². The third-order valence-electron chi connectivity index (χ3n) is 1.18. The maximum absolute atomic E-state index is 8.64. The monoisotopic (exact) mass is 167 g/mol. The van der Waals surface area contributed by atoms with Crippen molar-refractivity contribution in [2.45, 2.75) is 13.8 Å². The summed E-state index contributed by atoms with van der Waals surface area (Å²) in [6, 6.07) is 2.09. The van der Waals surface area contributed by atoms with Crippen molar-refractivity contribution in [2.75, 3.05) is 11.9 Å². The summed E-state index contributed by atoms with van der Waals surface area (Å²) in [6.07, 6.45) is 0. The predicted molar refractivity (Wildman–Crippen MR) is 45.7 cm³/mol. The van der Waals surface area contributed by atoms with E-state index in [-0.39, 0.29) is 0 Å². The predicted octanol–water partition coefficient (Wildman–Crippen LogP) is 1.75. The lowest BCUT2D eigenvalue weighted by molar-refractivity contribution is 1.16. The molecule has 4 heteroatoms. The summed E-state index contributed by atoms with van der Waals surface area (Å²) in [5, 5.41) is 12.6. The van der Waals surface area contributed by atoms with E-state index in [0.717, 1.165) is 17.4 Å². The molecule has 0 bridgehead atoms. The number of anilines is 1. The Morgan fingerprint density at radius 1 is 1.73 bits per heavy atom. The molecule has 0 atom stereocenters. The summed E-state index contributed by atoms with van der Waals surface area (Å²) >= 11 is 1.42. The van der Waals surface area contributed by atoms with E-state index in [1.807, 2.05) is 13.8 Å². The molecule has 0 saturated heterocycles. The summed E-state index contributed by atoms with van der Waals surface area (Å²) in [5.41, 5.74) is 0. The molecule has 0 aliphatic heterocycles. The molecule has 0 saturated carbocycles. The van der Waals surface area contributed by atoms with Crippen molar-refractivity contribution in [3.63, 3.8) is 0 Å². The lowest BCUT2D eigenvalue weighted by Gasteiger charge is -1.95. The number of thiazole rings is 1. The quantitative estimate of drug-likeness (QED) is 0.730. The van der Waals surface area contributed by atoms with Crippen LogP contribution in [0.3, 0.4) is 0 Å². The number of nitrogens with zero attached hydrogens (tertiary/aromatic N) is 2. The molecular formula is C7H9N3S. The molecule has 1 aromatic rings. The average molecular weight is 167 g/mol. The van der Waals surface area contributed by atoms with E-state index in [4.69, 9.17) is 5.26 Å². The van der Waals surface area contributed by atoms with Gasteiger partial charge in [0.1, 0.15) is 10.9 Å². The molecule has 1 N–H and O–H groups in total. The number of hydrogen-bond acceptors (Lipinski definition) is 4. The minimum Gasteiger partial charge on any atom is -0.369 e. The first-order chi connectivity index (χ1) is 5.27. The second kappa shape index (κ2) is 3.35. The molecule has 1 aromatic heterocycles. The van der Waals surface area contributed by atoms with Crippen molar-refractivity contribution in [1.82, 2.24) is 4.98 Å². The highest BCUT2D eigenvalue weighted by Crippen LogP contribution is 2.20. The number of rotatable bonds is 2. The van der Waals surface area contributed by atoms with E-state index >= 15 is 0 Å². The molecule has 0 fully saturated rings. The van der Waals surface area contributed by atoms with Gasteiger partial charge in [-0.25, -0.2) is 4.98 Å². The zero-order chi connectivity index (χ0) is 8.27. The zero-order valence-electron chi connectivity index (χ0n) is 6.51. The summed E-state index contributed by atoms with van der Waals surface area (Å²) in [4.78, 5) is 4.83. The minimum atomic E-state index is 0.671. The summed E-state index contributed by atoms with van der Waals surface area (Å²) < 4.78 is 0. The third kappa shape index (κ3) is 1.69. The number of aryl methyl sites for hydroxylation is 1. The molecule has 1 rings (SSSR count). The molecule has 0 aliphatic carbocycles. The molecule has 0 amide bonds. The molecule has 0 radical (unpaired) electrons. The fourth-order valence-corrected chi connectivity index (χ4v) is 1.48. The van der Waals surface area contributed by atoms with E-state index in [9.17, 15) is 0 Å². The van der Waals surface area contributed by atoms with Crippen LogP contribution in [0.1, 0.15) is 16.8 Å². The molecule has 0 spiro atoms. The number of aromatic nitrogens is 1. The first kappa shape index (κ1) is 8.02. The van der Waals surface area contributed by atoms with Crippen LogP contribution >= 0.6 is 11.3 Å². The number of nitrogens with one attached hydrogen (secondary N) is 1. The van der Waals surface area contributed by atoms with Crippen LogP contribution in [0.2, 0.25) is 0 Å². The van der Waals surface area contributed by atoms with Crippen molar-refractivity contribution >= 4 is 17.2 Å². The highest BCUT2D eigenvalue weighted by molar-refractivity contribution is 7.12. The highest BCUT2D eigenvalue weighted by atomic mass is 32.1. The Morgan fingerprint density at radius 3 is 3.00 bits per heavy atom. The summed E-state index contributed by atoms with van der Waals surface area (Å²) in [7, 11) is 0. The van der Waals surface area contributed by atoms with Gasteiger partial charge in [-0.05, 0) is 13.8 Å². The van der Waals surface area contributed by atoms with Gasteiger partial charge >= 0.3 is 0 Å². The van der Waals surface area contributed by atoms with Crippen LogP contribution < -0.4 is 5.32 Å². The van der Waals surface area contributed by atoms with Gasteiger partial charge in [-0.15, -0.1) is 11.3 Å². The Kier molecular flexibility index (Phi) is 2.44.